The molecule has 2 heterocycles. The fourth-order valence-corrected chi connectivity index (χ4v) is 11.1. The molecule has 210 valence electrons. The third-order valence-electron chi connectivity index (χ3n) is 13.1. The molecule has 0 radical (unpaired) electrons. The second-order valence-electron chi connectivity index (χ2n) is 14.7. The number of rotatable bonds is 3. The molecule has 2 aliphatic heterocycles. The monoisotopic (exact) mass is 517 g/mol. The molecule has 0 amide bonds. The first-order chi connectivity index (χ1) is 17.7. The van der Waals surface area contributed by atoms with Gasteiger partial charge in [0.2, 0.25) is 0 Å². The molecule has 5 unspecified atom stereocenters. The third kappa shape index (κ3) is 4.31. The van der Waals surface area contributed by atoms with Crippen molar-refractivity contribution in [1.82, 2.24) is 4.90 Å². The van der Waals surface area contributed by atoms with Gasteiger partial charge in [-0.25, -0.2) is 0 Å². The van der Waals surface area contributed by atoms with Gasteiger partial charge in [0, 0.05) is 37.9 Å². The summed E-state index contributed by atoms with van der Waals surface area (Å²) < 4.78 is 13.1. The quantitative estimate of drug-likeness (QED) is 0.448. The lowest BCUT2D eigenvalue weighted by atomic mass is 9.44. The van der Waals surface area contributed by atoms with Crippen LogP contribution >= 0.6 is 0 Å². The number of ether oxygens (including phenoxy) is 2. The topological polar surface area (TPSA) is 59.0 Å². The number of aliphatic hydroxyl groups excluding tert-OH is 1. The largest absolute Gasteiger partial charge is 0.456 e. The molecule has 6 rings (SSSR count). The molecule has 0 aromatic carbocycles. The SMILES string of the molecule is CC(=O)OC1C([N+]2(C)CCCCC2)C[C@H]2[C@@H]3CCC4CC(O)C(N5CCOCC5)C[C@]4(C)[C@@H]3CC[C@]12C. The predicted molar refractivity (Wildman–Crippen MR) is 144 cm³/mol. The van der Waals surface area contributed by atoms with E-state index >= 15 is 0 Å². The van der Waals surface area contributed by atoms with Crippen molar-refractivity contribution in [3.8, 4) is 0 Å². The van der Waals surface area contributed by atoms with Gasteiger partial charge in [0.05, 0.1) is 39.5 Å². The van der Waals surface area contributed by atoms with E-state index in [1.165, 1.54) is 64.5 Å². The van der Waals surface area contributed by atoms with E-state index in [2.05, 4.69) is 25.8 Å². The van der Waals surface area contributed by atoms with Crippen LogP contribution in [0.5, 0.6) is 0 Å². The summed E-state index contributed by atoms with van der Waals surface area (Å²) in [6.07, 6.45) is 12.1. The molecule has 0 bridgehead atoms. The van der Waals surface area contributed by atoms with Crippen molar-refractivity contribution in [2.24, 2.45) is 34.5 Å². The summed E-state index contributed by atoms with van der Waals surface area (Å²) in [6.45, 7) is 12.7. The van der Waals surface area contributed by atoms with E-state index in [1.54, 1.807) is 6.92 Å². The van der Waals surface area contributed by atoms with Crippen molar-refractivity contribution in [1.29, 1.82) is 0 Å². The number of morpholine rings is 1. The number of nitrogens with zero attached hydrogens (tertiary/aromatic N) is 2. The van der Waals surface area contributed by atoms with Crippen LogP contribution < -0.4 is 0 Å². The van der Waals surface area contributed by atoms with Gasteiger partial charge in [0.1, 0.15) is 6.04 Å². The molecule has 4 saturated carbocycles. The van der Waals surface area contributed by atoms with Gasteiger partial charge in [0.25, 0.3) is 0 Å². The van der Waals surface area contributed by atoms with Crippen LogP contribution in [0.15, 0.2) is 0 Å². The molecule has 0 spiro atoms. The fourth-order valence-electron chi connectivity index (χ4n) is 11.1. The highest BCUT2D eigenvalue weighted by molar-refractivity contribution is 5.66. The van der Waals surface area contributed by atoms with Crippen LogP contribution in [0.2, 0.25) is 0 Å². The molecule has 6 nitrogen and oxygen atoms in total. The summed E-state index contributed by atoms with van der Waals surface area (Å²) in [5.41, 5.74) is 0.391. The van der Waals surface area contributed by atoms with Gasteiger partial charge >= 0.3 is 5.97 Å². The number of fused-ring (bicyclic) bond motifs is 5. The van der Waals surface area contributed by atoms with E-state index in [0.29, 0.717) is 23.3 Å². The standard InChI is InChI=1S/C31H53N2O4/c1-21(34)37-29-27(33(4)14-6-5-7-15-33)19-25-23-9-8-22-18-28(35)26(32-12-16-36-17-13-32)20-31(22,3)24(23)10-11-30(25,29)2/h22-29,35H,5-20H2,1-4H3/q+1/t22?,23-,24-,25+,26?,27?,28?,29?,30+,31+/m1/s1. The average molecular weight is 518 g/mol. The van der Waals surface area contributed by atoms with Crippen LogP contribution in [0.1, 0.15) is 85.0 Å². The van der Waals surface area contributed by atoms with Crippen molar-refractivity contribution < 1.29 is 23.9 Å². The number of quaternary nitrogens is 1. The Bertz CT molecular complexity index is 854. The zero-order valence-corrected chi connectivity index (χ0v) is 24.0. The van der Waals surface area contributed by atoms with Gasteiger partial charge in [-0.2, -0.15) is 0 Å². The summed E-state index contributed by atoms with van der Waals surface area (Å²) in [7, 11) is 2.46. The van der Waals surface area contributed by atoms with Crippen LogP contribution in [0, 0.1) is 34.5 Å². The van der Waals surface area contributed by atoms with Crippen LogP contribution in [-0.2, 0) is 14.3 Å². The Morgan fingerprint density at radius 3 is 2.43 bits per heavy atom. The minimum Gasteiger partial charge on any atom is -0.456 e. The Labute approximate surface area is 225 Å². The molecule has 4 aliphatic carbocycles. The Hall–Kier alpha value is -0.690. The lowest BCUT2D eigenvalue weighted by Gasteiger charge is -2.62. The zero-order chi connectivity index (χ0) is 26.0. The Kier molecular flexibility index (Phi) is 6.99. The Morgan fingerprint density at radius 1 is 1.00 bits per heavy atom. The highest BCUT2D eigenvalue weighted by Crippen LogP contribution is 2.67. The second-order valence-corrected chi connectivity index (χ2v) is 14.7. The Balaban J connectivity index is 1.28. The van der Waals surface area contributed by atoms with Crippen LogP contribution in [0.3, 0.4) is 0 Å². The van der Waals surface area contributed by atoms with Crippen molar-refractivity contribution in [3.63, 3.8) is 0 Å². The molecule has 10 atom stereocenters. The molecule has 0 aromatic heterocycles. The molecule has 37 heavy (non-hydrogen) atoms. The van der Waals surface area contributed by atoms with Crippen molar-refractivity contribution in [2.75, 3.05) is 46.4 Å². The normalized spacial score (nSPS) is 50.0. The molecule has 0 aromatic rings. The summed E-state index contributed by atoms with van der Waals surface area (Å²) in [6, 6.07) is 0.720. The van der Waals surface area contributed by atoms with E-state index in [-0.39, 0.29) is 29.6 Å². The minimum absolute atomic E-state index is 0.0545. The first-order valence-electron chi connectivity index (χ1n) is 15.7. The summed E-state index contributed by atoms with van der Waals surface area (Å²) in [5, 5.41) is 11.3. The van der Waals surface area contributed by atoms with Crippen molar-refractivity contribution in [3.05, 3.63) is 0 Å². The Morgan fingerprint density at radius 2 is 1.73 bits per heavy atom. The van der Waals surface area contributed by atoms with Crippen LogP contribution in [0.4, 0.5) is 0 Å². The lowest BCUT2D eigenvalue weighted by molar-refractivity contribution is -0.940. The summed E-state index contributed by atoms with van der Waals surface area (Å²) in [4.78, 5) is 15.0. The maximum atomic E-state index is 12.4. The molecule has 6 fully saturated rings. The highest BCUT2D eigenvalue weighted by atomic mass is 16.5. The smallest absolute Gasteiger partial charge is 0.303 e. The summed E-state index contributed by atoms with van der Waals surface area (Å²) in [5.74, 6) is 2.64. The molecular weight excluding hydrogens is 464 g/mol. The van der Waals surface area contributed by atoms with E-state index in [9.17, 15) is 9.90 Å². The number of carbonyl (C=O) groups excluding carboxylic acids is 1. The van der Waals surface area contributed by atoms with E-state index in [4.69, 9.17) is 9.47 Å². The number of hydrogen-bond acceptors (Lipinski definition) is 5. The third-order valence-corrected chi connectivity index (χ3v) is 13.1. The number of hydrogen-bond donors (Lipinski definition) is 1. The van der Waals surface area contributed by atoms with Crippen LogP contribution in [0.25, 0.3) is 0 Å². The van der Waals surface area contributed by atoms with Gasteiger partial charge in [-0.1, -0.05) is 13.8 Å². The molecule has 1 N–H and O–H groups in total. The van der Waals surface area contributed by atoms with Gasteiger partial charge in [-0.3, -0.25) is 9.69 Å². The molecule has 6 aliphatic rings. The van der Waals surface area contributed by atoms with Gasteiger partial charge in [-0.15, -0.1) is 0 Å². The summed E-state index contributed by atoms with van der Waals surface area (Å²) >= 11 is 0. The number of likely N-dealkylation sites (N-methyl/N-ethyl adjacent to an activating group) is 1. The van der Waals surface area contributed by atoms with Crippen molar-refractivity contribution >= 4 is 5.97 Å². The van der Waals surface area contributed by atoms with E-state index in [0.717, 1.165) is 55.5 Å². The van der Waals surface area contributed by atoms with E-state index in [1.807, 2.05) is 0 Å². The number of esters is 1. The van der Waals surface area contributed by atoms with E-state index < -0.39 is 0 Å². The van der Waals surface area contributed by atoms with Gasteiger partial charge in [-0.05, 0) is 86.9 Å². The average Bonchev–Trinajstić information content (AvgIpc) is 3.17. The van der Waals surface area contributed by atoms with Gasteiger partial charge in [0.15, 0.2) is 6.10 Å². The van der Waals surface area contributed by atoms with Crippen molar-refractivity contribution in [2.45, 2.75) is 109 Å². The minimum atomic E-state index is -0.200. The van der Waals surface area contributed by atoms with Crippen LogP contribution in [-0.4, -0.2) is 91.2 Å². The highest BCUT2D eigenvalue weighted by Gasteiger charge is 2.67. The zero-order valence-electron chi connectivity index (χ0n) is 24.0. The second kappa shape index (κ2) is 9.74. The number of piperidine rings is 1. The first-order valence-corrected chi connectivity index (χ1v) is 15.7. The maximum Gasteiger partial charge on any atom is 0.303 e. The first kappa shape index (κ1) is 26.5. The lowest BCUT2D eigenvalue weighted by Crippen LogP contribution is -2.61. The molecular formula is C31H53N2O4+. The number of aliphatic hydroxyl groups is 1. The molecule has 2 saturated heterocycles. The number of carbonyl (C=O) groups is 1. The number of likely N-dealkylation sites (tertiary alicyclic amines) is 1. The fraction of sp³-hybridized carbons (Fsp3) is 0.968. The molecule has 6 heteroatoms. The van der Waals surface area contributed by atoms with Gasteiger partial charge < -0.3 is 19.1 Å². The maximum absolute atomic E-state index is 12.4. The predicted octanol–water partition coefficient (Wildman–Crippen LogP) is 4.24.